The predicted octanol–water partition coefficient (Wildman–Crippen LogP) is 3.87. The van der Waals surface area contributed by atoms with Crippen molar-refractivity contribution in [1.82, 2.24) is 4.57 Å². The van der Waals surface area contributed by atoms with Gasteiger partial charge < -0.3 is 4.90 Å². The number of nitrogens with zero attached hydrogens (tertiary/aromatic N) is 4. The van der Waals surface area contributed by atoms with Crippen molar-refractivity contribution in [3.8, 4) is 23.3 Å². The smallest absolute Gasteiger partial charge is 0.149 e. The van der Waals surface area contributed by atoms with E-state index in [1.165, 1.54) is 0 Å². The monoisotopic (exact) mass is 363 g/mol. The highest BCUT2D eigenvalue weighted by atomic mass is 15.3. The highest BCUT2D eigenvalue weighted by molar-refractivity contribution is 5.85. The largest absolute Gasteiger partial charge is 0.346 e. The molecule has 3 aromatic rings. The molecule has 0 saturated carbocycles. The standard InChI is InChI=1S/C23H17N5/c1-16-14-27(15-17-8-4-2-5-9-17)23-20(13-25)21(18-10-6-3-7-11-18)19(12-24)22(26)28(16)23/h2-11,26H,1,14-15H2. The summed E-state index contributed by atoms with van der Waals surface area (Å²) < 4.78 is 1.63. The molecule has 2 aromatic carbocycles. The minimum absolute atomic E-state index is 0.0657. The van der Waals surface area contributed by atoms with Gasteiger partial charge in [0.1, 0.15) is 34.6 Å². The number of fused-ring (bicyclic) bond motifs is 1. The van der Waals surface area contributed by atoms with E-state index in [2.05, 4.69) is 18.7 Å². The summed E-state index contributed by atoms with van der Waals surface area (Å²) in [7, 11) is 0. The summed E-state index contributed by atoms with van der Waals surface area (Å²) in [4.78, 5) is 2.04. The first-order chi connectivity index (χ1) is 13.7. The lowest BCUT2D eigenvalue weighted by Crippen LogP contribution is -2.25. The van der Waals surface area contributed by atoms with E-state index in [-0.39, 0.29) is 11.1 Å². The van der Waals surface area contributed by atoms with Crippen LogP contribution in [0.25, 0.3) is 16.8 Å². The van der Waals surface area contributed by atoms with Gasteiger partial charge in [0.2, 0.25) is 0 Å². The lowest BCUT2D eigenvalue weighted by molar-refractivity contribution is 0.881. The Morgan fingerprint density at radius 2 is 1.54 bits per heavy atom. The minimum atomic E-state index is 0.0657. The second-order valence-corrected chi connectivity index (χ2v) is 6.63. The van der Waals surface area contributed by atoms with Crippen LogP contribution in [-0.2, 0) is 6.54 Å². The zero-order valence-corrected chi connectivity index (χ0v) is 15.2. The maximum Gasteiger partial charge on any atom is 0.149 e. The Balaban J connectivity index is 2.00. The Morgan fingerprint density at radius 1 is 0.929 bits per heavy atom. The Hall–Kier alpha value is -4.09. The molecule has 0 amide bonds. The van der Waals surface area contributed by atoms with Crippen LogP contribution in [0, 0.1) is 28.1 Å². The van der Waals surface area contributed by atoms with Crippen molar-refractivity contribution in [2.45, 2.75) is 6.54 Å². The molecule has 1 aliphatic rings. The van der Waals surface area contributed by atoms with Crippen LogP contribution in [-0.4, -0.2) is 11.1 Å². The molecule has 0 fully saturated rings. The van der Waals surface area contributed by atoms with Crippen molar-refractivity contribution in [3.05, 3.63) is 89.4 Å². The summed E-state index contributed by atoms with van der Waals surface area (Å²) in [6, 6.07) is 23.7. The van der Waals surface area contributed by atoms with Crippen molar-refractivity contribution in [2.24, 2.45) is 0 Å². The topological polar surface area (TPSA) is 79.6 Å². The molecule has 5 nitrogen and oxygen atoms in total. The Labute approximate surface area is 163 Å². The fourth-order valence-corrected chi connectivity index (χ4v) is 3.70. The Bertz CT molecular complexity index is 1210. The fourth-order valence-electron chi connectivity index (χ4n) is 3.70. The van der Waals surface area contributed by atoms with E-state index >= 15 is 0 Å². The van der Waals surface area contributed by atoms with Crippen LogP contribution in [0.3, 0.4) is 0 Å². The SMILES string of the molecule is C=C1CN(Cc2ccccc2)c2c(C#N)c(-c3ccccc3)c(C#N)c(=N)n21. The normalized spacial score (nSPS) is 12.4. The summed E-state index contributed by atoms with van der Waals surface area (Å²) in [5.74, 6) is 0.624. The molecule has 0 aliphatic carbocycles. The van der Waals surface area contributed by atoms with Crippen molar-refractivity contribution < 1.29 is 0 Å². The minimum Gasteiger partial charge on any atom is -0.346 e. The van der Waals surface area contributed by atoms with Crippen molar-refractivity contribution >= 4 is 11.5 Å². The second kappa shape index (κ2) is 6.90. The number of hydrogen-bond donors (Lipinski definition) is 1. The van der Waals surface area contributed by atoms with Gasteiger partial charge in [0.15, 0.2) is 0 Å². The molecule has 134 valence electrons. The number of pyridine rings is 1. The Kier molecular flexibility index (Phi) is 4.27. The molecule has 28 heavy (non-hydrogen) atoms. The zero-order chi connectivity index (χ0) is 19.7. The maximum atomic E-state index is 10.0. The fraction of sp³-hybridized carbons (Fsp3) is 0.0870. The van der Waals surface area contributed by atoms with Crippen LogP contribution < -0.4 is 10.4 Å². The van der Waals surface area contributed by atoms with Gasteiger partial charge in [-0.2, -0.15) is 10.5 Å². The van der Waals surface area contributed by atoms with Gasteiger partial charge in [-0.15, -0.1) is 0 Å². The molecule has 1 aliphatic heterocycles. The summed E-state index contributed by atoms with van der Waals surface area (Å²) in [6.45, 7) is 5.17. The quantitative estimate of drug-likeness (QED) is 0.767. The molecule has 0 spiro atoms. The van der Waals surface area contributed by atoms with E-state index < -0.39 is 0 Å². The number of nitrogens with one attached hydrogen (secondary N) is 1. The molecule has 1 aromatic heterocycles. The van der Waals surface area contributed by atoms with Crippen molar-refractivity contribution in [1.29, 1.82) is 15.9 Å². The van der Waals surface area contributed by atoms with Gasteiger partial charge in [-0.25, -0.2) is 0 Å². The van der Waals surface area contributed by atoms with Crippen molar-refractivity contribution in [2.75, 3.05) is 11.4 Å². The van der Waals surface area contributed by atoms with E-state index in [0.717, 1.165) is 11.1 Å². The molecular weight excluding hydrogens is 346 g/mol. The van der Waals surface area contributed by atoms with Gasteiger partial charge in [-0.05, 0) is 11.1 Å². The maximum absolute atomic E-state index is 10.0. The van der Waals surface area contributed by atoms with Gasteiger partial charge in [0, 0.05) is 17.8 Å². The molecule has 0 saturated heterocycles. The summed E-state index contributed by atoms with van der Waals surface area (Å²) in [5.41, 5.74) is 3.70. The second-order valence-electron chi connectivity index (χ2n) is 6.63. The van der Waals surface area contributed by atoms with Gasteiger partial charge in [-0.1, -0.05) is 67.2 Å². The molecule has 1 N–H and O–H groups in total. The average molecular weight is 363 g/mol. The molecule has 4 rings (SSSR count). The number of aromatic nitrogens is 1. The number of anilines is 1. The Morgan fingerprint density at radius 3 is 2.14 bits per heavy atom. The van der Waals surface area contributed by atoms with E-state index in [4.69, 9.17) is 5.41 Å². The lowest BCUT2D eigenvalue weighted by atomic mass is 9.96. The molecular formula is C23H17N5. The average Bonchev–Trinajstić information content (AvgIpc) is 3.05. The number of hydrogen-bond acceptors (Lipinski definition) is 4. The molecule has 2 heterocycles. The lowest BCUT2D eigenvalue weighted by Gasteiger charge is -2.21. The summed E-state index contributed by atoms with van der Waals surface area (Å²) in [6.07, 6.45) is 0. The van der Waals surface area contributed by atoms with Crippen LogP contribution in [0.2, 0.25) is 0 Å². The zero-order valence-electron chi connectivity index (χ0n) is 15.2. The first-order valence-corrected chi connectivity index (χ1v) is 8.86. The van der Waals surface area contributed by atoms with E-state index in [1.807, 2.05) is 65.6 Å². The summed E-state index contributed by atoms with van der Waals surface area (Å²) >= 11 is 0. The number of nitriles is 2. The van der Waals surface area contributed by atoms with Crippen LogP contribution in [0.15, 0.2) is 67.2 Å². The highest BCUT2D eigenvalue weighted by Crippen LogP contribution is 2.37. The van der Waals surface area contributed by atoms with Crippen LogP contribution >= 0.6 is 0 Å². The van der Waals surface area contributed by atoms with E-state index in [0.29, 0.717) is 35.7 Å². The predicted molar refractivity (Wildman–Crippen MR) is 108 cm³/mol. The van der Waals surface area contributed by atoms with Gasteiger partial charge in [0.25, 0.3) is 0 Å². The third-order valence-corrected chi connectivity index (χ3v) is 4.89. The molecule has 0 atom stereocenters. The van der Waals surface area contributed by atoms with Crippen LogP contribution in [0.4, 0.5) is 5.82 Å². The highest BCUT2D eigenvalue weighted by Gasteiger charge is 2.31. The van der Waals surface area contributed by atoms with Gasteiger partial charge in [-0.3, -0.25) is 9.98 Å². The molecule has 5 heteroatoms. The first kappa shape index (κ1) is 17.3. The number of rotatable bonds is 3. The summed E-state index contributed by atoms with van der Waals surface area (Å²) in [5, 5.41) is 28.4. The van der Waals surface area contributed by atoms with E-state index in [9.17, 15) is 10.5 Å². The molecule has 0 bridgehead atoms. The van der Waals surface area contributed by atoms with Crippen LogP contribution in [0.5, 0.6) is 0 Å². The van der Waals surface area contributed by atoms with Gasteiger partial charge in [0.05, 0.1) is 6.54 Å². The van der Waals surface area contributed by atoms with E-state index in [1.54, 1.807) is 4.57 Å². The van der Waals surface area contributed by atoms with Crippen LogP contribution in [0.1, 0.15) is 16.7 Å². The van der Waals surface area contributed by atoms with Crippen molar-refractivity contribution in [3.63, 3.8) is 0 Å². The molecule has 0 radical (unpaired) electrons. The van der Waals surface area contributed by atoms with Gasteiger partial charge >= 0.3 is 0 Å². The number of benzene rings is 2. The first-order valence-electron chi connectivity index (χ1n) is 8.86. The molecule has 0 unspecified atom stereocenters. The third-order valence-electron chi connectivity index (χ3n) is 4.89. The third kappa shape index (κ3) is 2.67.